The molecule has 0 saturated heterocycles. The Labute approximate surface area is 105 Å². The number of anilines is 2. The molecule has 1 rings (SSSR count). The van der Waals surface area contributed by atoms with Gasteiger partial charge in [-0.3, -0.25) is 4.79 Å². The van der Waals surface area contributed by atoms with Crippen LogP contribution in [0.25, 0.3) is 0 Å². The van der Waals surface area contributed by atoms with Crippen LogP contribution in [0.3, 0.4) is 0 Å². The van der Waals surface area contributed by atoms with Gasteiger partial charge in [0.25, 0.3) is 5.91 Å². The highest BCUT2D eigenvalue weighted by atomic mass is 32.1. The Hall–Kier alpha value is -1.34. The summed E-state index contributed by atoms with van der Waals surface area (Å²) in [6.07, 6.45) is 0. The van der Waals surface area contributed by atoms with E-state index in [0.29, 0.717) is 17.2 Å². The highest BCUT2D eigenvalue weighted by molar-refractivity contribution is 7.18. The van der Waals surface area contributed by atoms with Gasteiger partial charge in [-0.05, 0) is 7.05 Å². The van der Waals surface area contributed by atoms with Crippen LogP contribution in [0, 0.1) is 0 Å². The molecule has 0 aliphatic rings. The fraction of sp³-hybridized carbons (Fsp3) is 0.600. The van der Waals surface area contributed by atoms with Crippen molar-refractivity contribution in [3.05, 3.63) is 4.88 Å². The lowest BCUT2D eigenvalue weighted by Gasteiger charge is -2.15. The summed E-state index contributed by atoms with van der Waals surface area (Å²) in [5.41, 5.74) is 5.76. The van der Waals surface area contributed by atoms with E-state index in [1.54, 1.807) is 11.9 Å². The first kappa shape index (κ1) is 13.7. The van der Waals surface area contributed by atoms with E-state index >= 15 is 0 Å². The molecule has 0 radical (unpaired) electrons. The van der Waals surface area contributed by atoms with Gasteiger partial charge >= 0.3 is 0 Å². The number of thiazole rings is 1. The maximum absolute atomic E-state index is 12.1. The zero-order chi connectivity index (χ0) is 13.0. The molecule has 0 aromatic carbocycles. The molecule has 6 nitrogen and oxygen atoms in total. The molecular weight excluding hydrogens is 238 g/mol. The SMILES string of the molecule is CNCCN(C)C(=O)c1sc(N(C)C)nc1N. The first-order valence-corrected chi connectivity index (χ1v) is 6.12. The van der Waals surface area contributed by atoms with Crippen LogP contribution in [0.4, 0.5) is 10.9 Å². The number of nitrogens with zero attached hydrogens (tertiary/aromatic N) is 3. The van der Waals surface area contributed by atoms with E-state index in [2.05, 4.69) is 10.3 Å². The topological polar surface area (TPSA) is 74.5 Å². The van der Waals surface area contributed by atoms with Gasteiger partial charge < -0.3 is 20.9 Å². The molecule has 0 saturated carbocycles. The molecule has 0 unspecified atom stereocenters. The molecule has 0 atom stereocenters. The highest BCUT2D eigenvalue weighted by Gasteiger charge is 2.19. The zero-order valence-electron chi connectivity index (χ0n) is 10.6. The summed E-state index contributed by atoms with van der Waals surface area (Å²) in [4.78, 5) is 20.2. The molecule has 7 heteroatoms. The monoisotopic (exact) mass is 257 g/mol. The van der Waals surface area contributed by atoms with Crippen molar-refractivity contribution in [1.29, 1.82) is 0 Å². The summed E-state index contributed by atoms with van der Waals surface area (Å²) < 4.78 is 0. The van der Waals surface area contributed by atoms with Crippen molar-refractivity contribution in [3.63, 3.8) is 0 Å². The van der Waals surface area contributed by atoms with E-state index in [1.807, 2.05) is 26.0 Å². The van der Waals surface area contributed by atoms with Crippen molar-refractivity contribution in [2.24, 2.45) is 0 Å². The third-order valence-corrected chi connectivity index (χ3v) is 3.49. The Morgan fingerprint density at radius 1 is 1.47 bits per heavy atom. The lowest BCUT2D eigenvalue weighted by molar-refractivity contribution is 0.0802. The minimum absolute atomic E-state index is 0.0802. The quantitative estimate of drug-likeness (QED) is 0.781. The van der Waals surface area contributed by atoms with Crippen molar-refractivity contribution in [3.8, 4) is 0 Å². The summed E-state index contributed by atoms with van der Waals surface area (Å²) in [6, 6.07) is 0. The second-order valence-electron chi connectivity index (χ2n) is 3.94. The molecule has 0 aliphatic carbocycles. The van der Waals surface area contributed by atoms with Crippen LogP contribution in [0.2, 0.25) is 0 Å². The van der Waals surface area contributed by atoms with Gasteiger partial charge in [0.05, 0.1) is 0 Å². The lowest BCUT2D eigenvalue weighted by atomic mass is 10.4. The number of nitrogens with two attached hydrogens (primary N) is 1. The predicted octanol–water partition coefficient (Wildman–Crippen LogP) is 0.0827. The second-order valence-corrected chi connectivity index (χ2v) is 4.91. The van der Waals surface area contributed by atoms with Gasteiger partial charge in [-0.2, -0.15) is 0 Å². The fourth-order valence-electron chi connectivity index (χ4n) is 1.22. The van der Waals surface area contributed by atoms with E-state index in [-0.39, 0.29) is 5.91 Å². The van der Waals surface area contributed by atoms with Crippen LogP contribution in [0.5, 0.6) is 0 Å². The summed E-state index contributed by atoms with van der Waals surface area (Å²) in [5.74, 6) is 0.225. The molecule has 1 amide bonds. The molecule has 96 valence electrons. The number of amides is 1. The summed E-state index contributed by atoms with van der Waals surface area (Å²) in [5, 5.41) is 3.74. The number of hydrogen-bond acceptors (Lipinski definition) is 6. The van der Waals surface area contributed by atoms with Crippen LogP contribution in [0.15, 0.2) is 0 Å². The average Bonchev–Trinajstić information content (AvgIpc) is 2.67. The Bertz CT molecular complexity index is 390. The lowest BCUT2D eigenvalue weighted by Crippen LogP contribution is -2.32. The van der Waals surface area contributed by atoms with Crippen LogP contribution in [-0.2, 0) is 0 Å². The van der Waals surface area contributed by atoms with Crippen molar-refractivity contribution in [1.82, 2.24) is 15.2 Å². The van der Waals surface area contributed by atoms with Gasteiger partial charge in [-0.25, -0.2) is 4.98 Å². The molecule has 0 bridgehead atoms. The maximum atomic E-state index is 12.1. The van der Waals surface area contributed by atoms with Crippen molar-refractivity contribution < 1.29 is 4.79 Å². The minimum atomic E-state index is -0.0802. The predicted molar refractivity (Wildman–Crippen MR) is 71.7 cm³/mol. The normalized spacial score (nSPS) is 10.4. The zero-order valence-corrected chi connectivity index (χ0v) is 11.5. The van der Waals surface area contributed by atoms with Crippen LogP contribution < -0.4 is 16.0 Å². The molecule has 0 spiro atoms. The molecule has 17 heavy (non-hydrogen) atoms. The van der Waals surface area contributed by atoms with E-state index < -0.39 is 0 Å². The molecule has 1 heterocycles. The summed E-state index contributed by atoms with van der Waals surface area (Å²) >= 11 is 1.32. The van der Waals surface area contributed by atoms with Gasteiger partial charge in [0.2, 0.25) is 0 Å². The number of nitrogen functional groups attached to an aromatic ring is 1. The summed E-state index contributed by atoms with van der Waals surface area (Å²) in [6.45, 7) is 1.39. The molecule has 3 N–H and O–H groups in total. The summed E-state index contributed by atoms with van der Waals surface area (Å²) in [7, 11) is 7.35. The Morgan fingerprint density at radius 2 is 2.12 bits per heavy atom. The van der Waals surface area contributed by atoms with E-state index in [1.165, 1.54) is 11.3 Å². The third-order valence-electron chi connectivity index (χ3n) is 2.26. The second kappa shape index (κ2) is 5.83. The third kappa shape index (κ3) is 3.31. The van der Waals surface area contributed by atoms with Crippen molar-refractivity contribution >= 4 is 28.2 Å². The van der Waals surface area contributed by atoms with Gasteiger partial charge in [0.15, 0.2) is 5.13 Å². The smallest absolute Gasteiger partial charge is 0.267 e. The number of rotatable bonds is 5. The standard InChI is InChI=1S/C10H19N5OS/c1-12-5-6-15(4)9(16)7-8(11)13-10(17-7)14(2)3/h12H,5-6,11H2,1-4H3. The van der Waals surface area contributed by atoms with Gasteiger partial charge in [0.1, 0.15) is 10.7 Å². The Kier molecular flexibility index (Phi) is 4.71. The van der Waals surface area contributed by atoms with Crippen molar-refractivity contribution in [2.75, 3.05) is 51.9 Å². The number of carbonyl (C=O) groups excluding carboxylic acids is 1. The molecule has 1 aromatic rings. The van der Waals surface area contributed by atoms with Crippen LogP contribution in [0.1, 0.15) is 9.67 Å². The van der Waals surface area contributed by atoms with E-state index in [9.17, 15) is 4.79 Å². The van der Waals surface area contributed by atoms with Crippen LogP contribution >= 0.6 is 11.3 Å². The largest absolute Gasteiger partial charge is 0.382 e. The average molecular weight is 257 g/mol. The molecular formula is C10H19N5OS. The van der Waals surface area contributed by atoms with Gasteiger partial charge in [-0.15, -0.1) is 0 Å². The Balaban J connectivity index is 2.81. The molecule has 1 aromatic heterocycles. The maximum Gasteiger partial charge on any atom is 0.267 e. The number of hydrogen-bond donors (Lipinski definition) is 2. The van der Waals surface area contributed by atoms with Gasteiger partial charge in [-0.1, -0.05) is 11.3 Å². The fourth-order valence-corrected chi connectivity index (χ4v) is 2.12. The Morgan fingerprint density at radius 3 is 2.59 bits per heavy atom. The number of carbonyl (C=O) groups is 1. The van der Waals surface area contributed by atoms with E-state index in [4.69, 9.17) is 5.73 Å². The number of nitrogens with one attached hydrogen (secondary N) is 1. The molecule has 0 aliphatic heterocycles. The van der Waals surface area contributed by atoms with E-state index in [0.717, 1.165) is 11.7 Å². The first-order valence-electron chi connectivity index (χ1n) is 5.31. The number of aromatic nitrogens is 1. The van der Waals surface area contributed by atoms with Crippen molar-refractivity contribution in [2.45, 2.75) is 0 Å². The minimum Gasteiger partial charge on any atom is -0.382 e. The molecule has 0 fully saturated rings. The first-order chi connectivity index (χ1) is 7.97. The highest BCUT2D eigenvalue weighted by Crippen LogP contribution is 2.27. The van der Waals surface area contributed by atoms with Gasteiger partial charge in [0, 0.05) is 34.2 Å². The number of likely N-dealkylation sites (N-methyl/N-ethyl adjacent to an activating group) is 2. The van der Waals surface area contributed by atoms with Crippen LogP contribution in [-0.4, -0.2) is 57.1 Å².